The minimum absolute atomic E-state index is 0.443. The predicted molar refractivity (Wildman–Crippen MR) is 37.4 cm³/mol. The van der Waals surface area contributed by atoms with Gasteiger partial charge in [-0.3, -0.25) is 0 Å². The number of methoxy groups -OCH3 is 1. The molecule has 1 aliphatic heterocycles. The maximum Gasteiger partial charge on any atom is 0.0721 e. The summed E-state index contributed by atoms with van der Waals surface area (Å²) in [7, 11) is 1.79. The molecule has 0 aromatic carbocycles. The van der Waals surface area contributed by atoms with Gasteiger partial charge >= 0.3 is 0 Å². The third kappa shape index (κ3) is 1.66. The van der Waals surface area contributed by atoms with Crippen LogP contribution in [0.3, 0.4) is 0 Å². The number of piperidine rings is 1. The molecule has 0 aromatic rings. The van der Waals surface area contributed by atoms with Crippen molar-refractivity contribution in [3.63, 3.8) is 0 Å². The second kappa shape index (κ2) is 3.18. The Kier molecular flexibility index (Phi) is 2.49. The summed E-state index contributed by atoms with van der Waals surface area (Å²) in [6.07, 6.45) is 1.69. The normalized spacial score (nSPS) is 36.7. The van der Waals surface area contributed by atoms with Gasteiger partial charge < -0.3 is 10.1 Å². The third-order valence-electron chi connectivity index (χ3n) is 2.06. The maximum absolute atomic E-state index is 5.24. The molecule has 0 radical (unpaired) electrons. The highest BCUT2D eigenvalue weighted by atomic mass is 16.5. The Morgan fingerprint density at radius 3 is 2.78 bits per heavy atom. The van der Waals surface area contributed by atoms with Crippen molar-refractivity contribution in [2.75, 3.05) is 20.2 Å². The molecule has 1 N–H and O–H groups in total. The highest BCUT2D eigenvalue weighted by molar-refractivity contribution is 4.74. The van der Waals surface area contributed by atoms with Gasteiger partial charge in [-0.1, -0.05) is 6.92 Å². The summed E-state index contributed by atoms with van der Waals surface area (Å²) < 4.78 is 5.24. The van der Waals surface area contributed by atoms with E-state index in [1.54, 1.807) is 7.11 Å². The molecule has 0 spiro atoms. The van der Waals surface area contributed by atoms with E-state index in [-0.39, 0.29) is 0 Å². The minimum Gasteiger partial charge on any atom is -0.380 e. The molecule has 0 aromatic heterocycles. The standard InChI is InChI=1S/C7H15NO/c1-6-3-4-8-5-7(6)9-2/h6-8H,3-5H2,1-2H3/t6?,7-/m1/s1. The van der Waals surface area contributed by atoms with Crippen LogP contribution in [-0.2, 0) is 4.74 Å². The van der Waals surface area contributed by atoms with Crippen molar-refractivity contribution >= 4 is 0 Å². The van der Waals surface area contributed by atoms with Crippen LogP contribution in [0.1, 0.15) is 13.3 Å². The Bertz CT molecular complexity index is 85.0. The molecular weight excluding hydrogens is 114 g/mol. The van der Waals surface area contributed by atoms with Crippen LogP contribution in [0.15, 0.2) is 0 Å². The van der Waals surface area contributed by atoms with Gasteiger partial charge in [-0.2, -0.15) is 0 Å². The van der Waals surface area contributed by atoms with Crippen LogP contribution < -0.4 is 5.32 Å². The molecule has 0 saturated carbocycles. The summed E-state index contributed by atoms with van der Waals surface area (Å²) in [6.45, 7) is 4.42. The second-order valence-corrected chi connectivity index (χ2v) is 2.74. The first-order chi connectivity index (χ1) is 4.34. The SMILES string of the molecule is CO[C@@H]1CNCCC1C. The minimum atomic E-state index is 0.443. The van der Waals surface area contributed by atoms with Gasteiger partial charge in [-0.25, -0.2) is 0 Å². The Labute approximate surface area is 56.6 Å². The van der Waals surface area contributed by atoms with Crippen LogP contribution in [0.4, 0.5) is 0 Å². The fourth-order valence-electron chi connectivity index (χ4n) is 1.28. The van der Waals surface area contributed by atoms with Gasteiger partial charge in [0.15, 0.2) is 0 Å². The Hall–Kier alpha value is -0.0800. The second-order valence-electron chi connectivity index (χ2n) is 2.74. The van der Waals surface area contributed by atoms with E-state index in [4.69, 9.17) is 4.74 Å². The highest BCUT2D eigenvalue weighted by Gasteiger charge is 2.19. The predicted octanol–water partition coefficient (Wildman–Crippen LogP) is 0.631. The van der Waals surface area contributed by atoms with Crippen molar-refractivity contribution in [1.29, 1.82) is 0 Å². The summed E-state index contributed by atoms with van der Waals surface area (Å²) in [6, 6.07) is 0. The molecule has 54 valence electrons. The third-order valence-corrected chi connectivity index (χ3v) is 2.06. The zero-order valence-electron chi connectivity index (χ0n) is 6.18. The van der Waals surface area contributed by atoms with Crippen LogP contribution in [0, 0.1) is 5.92 Å². The largest absolute Gasteiger partial charge is 0.380 e. The van der Waals surface area contributed by atoms with Gasteiger partial charge in [0.1, 0.15) is 0 Å². The first kappa shape index (κ1) is 7.03. The molecule has 2 atom stereocenters. The Morgan fingerprint density at radius 2 is 2.33 bits per heavy atom. The molecule has 2 heteroatoms. The lowest BCUT2D eigenvalue weighted by Crippen LogP contribution is -2.40. The molecule has 0 bridgehead atoms. The van der Waals surface area contributed by atoms with E-state index in [1.807, 2.05) is 0 Å². The fourth-order valence-corrected chi connectivity index (χ4v) is 1.28. The van der Waals surface area contributed by atoms with Gasteiger partial charge in [0, 0.05) is 13.7 Å². The lowest BCUT2D eigenvalue weighted by Gasteiger charge is -2.27. The van der Waals surface area contributed by atoms with Crippen LogP contribution in [-0.4, -0.2) is 26.3 Å². The van der Waals surface area contributed by atoms with E-state index >= 15 is 0 Å². The van der Waals surface area contributed by atoms with Crippen molar-refractivity contribution in [3.05, 3.63) is 0 Å². The lowest BCUT2D eigenvalue weighted by molar-refractivity contribution is 0.0413. The molecule has 1 rings (SSSR count). The number of hydrogen-bond acceptors (Lipinski definition) is 2. The highest BCUT2D eigenvalue weighted by Crippen LogP contribution is 2.12. The quantitative estimate of drug-likeness (QED) is 0.560. The number of ether oxygens (including phenoxy) is 1. The van der Waals surface area contributed by atoms with Gasteiger partial charge in [-0.05, 0) is 18.9 Å². The molecule has 1 aliphatic rings. The molecule has 9 heavy (non-hydrogen) atoms. The van der Waals surface area contributed by atoms with Crippen molar-refractivity contribution in [3.8, 4) is 0 Å². The van der Waals surface area contributed by atoms with Crippen LogP contribution >= 0.6 is 0 Å². The van der Waals surface area contributed by atoms with Crippen molar-refractivity contribution < 1.29 is 4.74 Å². The smallest absolute Gasteiger partial charge is 0.0721 e. The van der Waals surface area contributed by atoms with E-state index in [0.29, 0.717) is 6.10 Å². The number of nitrogens with one attached hydrogen (secondary N) is 1. The van der Waals surface area contributed by atoms with Crippen molar-refractivity contribution in [2.24, 2.45) is 5.92 Å². The average Bonchev–Trinajstić information content (AvgIpc) is 1.89. The topological polar surface area (TPSA) is 21.3 Å². The van der Waals surface area contributed by atoms with Gasteiger partial charge in [0.05, 0.1) is 6.10 Å². The van der Waals surface area contributed by atoms with E-state index in [0.717, 1.165) is 19.0 Å². The van der Waals surface area contributed by atoms with E-state index < -0.39 is 0 Å². The number of hydrogen-bond donors (Lipinski definition) is 1. The van der Waals surface area contributed by atoms with E-state index in [2.05, 4.69) is 12.2 Å². The Morgan fingerprint density at radius 1 is 1.56 bits per heavy atom. The zero-order valence-corrected chi connectivity index (χ0v) is 6.18. The summed E-state index contributed by atoms with van der Waals surface area (Å²) in [5.41, 5.74) is 0. The maximum atomic E-state index is 5.24. The van der Waals surface area contributed by atoms with Crippen molar-refractivity contribution in [2.45, 2.75) is 19.4 Å². The van der Waals surface area contributed by atoms with Crippen LogP contribution in [0.2, 0.25) is 0 Å². The molecule has 2 nitrogen and oxygen atoms in total. The first-order valence-electron chi connectivity index (χ1n) is 3.58. The molecule has 0 aliphatic carbocycles. The Balaban J connectivity index is 2.30. The lowest BCUT2D eigenvalue weighted by atomic mass is 9.97. The summed E-state index contributed by atoms with van der Waals surface area (Å²) in [4.78, 5) is 0. The molecule has 1 unspecified atom stereocenters. The zero-order chi connectivity index (χ0) is 6.69. The molecule has 1 fully saturated rings. The average molecular weight is 129 g/mol. The van der Waals surface area contributed by atoms with Crippen molar-refractivity contribution in [1.82, 2.24) is 5.32 Å². The van der Waals surface area contributed by atoms with E-state index in [1.165, 1.54) is 6.42 Å². The molecule has 0 amide bonds. The fraction of sp³-hybridized carbons (Fsp3) is 1.00. The molecular formula is C7H15NO. The number of rotatable bonds is 1. The summed E-state index contributed by atoms with van der Waals surface area (Å²) >= 11 is 0. The first-order valence-corrected chi connectivity index (χ1v) is 3.58. The van der Waals surface area contributed by atoms with E-state index in [9.17, 15) is 0 Å². The summed E-state index contributed by atoms with van der Waals surface area (Å²) in [5, 5.41) is 3.29. The summed E-state index contributed by atoms with van der Waals surface area (Å²) in [5.74, 6) is 0.733. The van der Waals surface area contributed by atoms with Gasteiger partial charge in [0.25, 0.3) is 0 Å². The molecule has 1 heterocycles. The molecule has 1 saturated heterocycles. The van der Waals surface area contributed by atoms with Crippen LogP contribution in [0.25, 0.3) is 0 Å². The van der Waals surface area contributed by atoms with Crippen LogP contribution in [0.5, 0.6) is 0 Å². The van der Waals surface area contributed by atoms with Gasteiger partial charge in [-0.15, -0.1) is 0 Å². The monoisotopic (exact) mass is 129 g/mol. The van der Waals surface area contributed by atoms with Gasteiger partial charge in [0.2, 0.25) is 0 Å².